The number of nitrogens with one attached hydrogen (secondary N) is 1. The molecule has 3 rings (SSSR count). The van der Waals surface area contributed by atoms with Gasteiger partial charge in [-0.25, -0.2) is 8.42 Å². The van der Waals surface area contributed by atoms with Crippen LogP contribution in [0.25, 0.3) is 5.65 Å². The van der Waals surface area contributed by atoms with Gasteiger partial charge in [-0.1, -0.05) is 43.7 Å². The molecule has 7 nitrogen and oxygen atoms in total. The molecule has 0 saturated heterocycles. The summed E-state index contributed by atoms with van der Waals surface area (Å²) < 4.78 is 28.6. The number of hydrogen-bond donors (Lipinski definition) is 1. The van der Waals surface area contributed by atoms with Crippen molar-refractivity contribution in [3.8, 4) is 0 Å². The molecular formula is C18H23N5O2S. The van der Waals surface area contributed by atoms with Gasteiger partial charge in [-0.3, -0.25) is 4.40 Å². The van der Waals surface area contributed by atoms with Gasteiger partial charge in [-0.05, 0) is 24.6 Å². The van der Waals surface area contributed by atoms with E-state index in [2.05, 4.69) is 15.5 Å². The van der Waals surface area contributed by atoms with Crippen molar-refractivity contribution in [2.24, 2.45) is 0 Å². The number of benzene rings is 1. The topological polar surface area (TPSA) is 79.6 Å². The van der Waals surface area contributed by atoms with Gasteiger partial charge in [0.25, 0.3) is 0 Å². The lowest BCUT2D eigenvalue weighted by molar-refractivity contribution is 0.445. The van der Waals surface area contributed by atoms with E-state index in [9.17, 15) is 8.42 Å². The van der Waals surface area contributed by atoms with Gasteiger partial charge in [0.2, 0.25) is 16.0 Å². The van der Waals surface area contributed by atoms with Crippen molar-refractivity contribution >= 4 is 21.6 Å². The number of aromatic nitrogens is 3. The number of fused-ring (bicyclic) bond motifs is 1. The van der Waals surface area contributed by atoms with Crippen LogP contribution >= 0.6 is 0 Å². The van der Waals surface area contributed by atoms with E-state index >= 15 is 0 Å². The maximum Gasteiger partial charge on any atom is 0.244 e. The molecule has 3 aromatic rings. The standard InChI is InChI=1S/C18H23N5O2S/c1-4-22(5-2)26(24,25)16-10-11-17-20-21-18(23(17)13-16)19-12-15-8-6-14(3)7-9-15/h6-11,13H,4-5,12H2,1-3H3,(H,19,21). The second-order valence-corrected chi connectivity index (χ2v) is 7.98. The Hall–Kier alpha value is -2.45. The van der Waals surface area contributed by atoms with Gasteiger partial charge < -0.3 is 5.32 Å². The lowest BCUT2D eigenvalue weighted by Crippen LogP contribution is -2.30. The van der Waals surface area contributed by atoms with Gasteiger partial charge in [0.05, 0.1) is 4.90 Å². The summed E-state index contributed by atoms with van der Waals surface area (Å²) in [5.74, 6) is 0.511. The molecule has 0 fully saturated rings. The van der Waals surface area contributed by atoms with Crippen molar-refractivity contribution in [1.82, 2.24) is 18.9 Å². The molecule has 0 aliphatic carbocycles. The van der Waals surface area contributed by atoms with Gasteiger partial charge in [0, 0.05) is 25.8 Å². The first-order valence-corrected chi connectivity index (χ1v) is 10.0. The molecule has 0 saturated carbocycles. The molecule has 138 valence electrons. The molecule has 2 heterocycles. The van der Waals surface area contributed by atoms with E-state index in [4.69, 9.17) is 0 Å². The summed E-state index contributed by atoms with van der Waals surface area (Å²) in [6.07, 6.45) is 1.57. The van der Waals surface area contributed by atoms with Crippen LogP contribution in [-0.4, -0.2) is 40.4 Å². The highest BCUT2D eigenvalue weighted by Gasteiger charge is 2.22. The van der Waals surface area contributed by atoms with E-state index in [-0.39, 0.29) is 4.90 Å². The number of hydrogen-bond acceptors (Lipinski definition) is 5. The number of aryl methyl sites for hydroxylation is 1. The minimum absolute atomic E-state index is 0.229. The lowest BCUT2D eigenvalue weighted by atomic mass is 10.1. The molecule has 1 aromatic carbocycles. The van der Waals surface area contributed by atoms with E-state index in [0.717, 1.165) is 5.56 Å². The van der Waals surface area contributed by atoms with Crippen LogP contribution in [0.2, 0.25) is 0 Å². The Balaban J connectivity index is 1.89. The zero-order valence-corrected chi connectivity index (χ0v) is 16.0. The van der Waals surface area contributed by atoms with Crippen LogP contribution in [0, 0.1) is 6.92 Å². The minimum Gasteiger partial charge on any atom is -0.350 e. The third-order valence-electron chi connectivity index (χ3n) is 4.29. The van der Waals surface area contributed by atoms with Gasteiger partial charge >= 0.3 is 0 Å². The first kappa shape index (κ1) is 18.3. The van der Waals surface area contributed by atoms with Crippen LogP contribution in [0.5, 0.6) is 0 Å². The van der Waals surface area contributed by atoms with Crippen molar-refractivity contribution < 1.29 is 8.42 Å². The smallest absolute Gasteiger partial charge is 0.244 e. The summed E-state index contributed by atoms with van der Waals surface area (Å²) >= 11 is 0. The largest absolute Gasteiger partial charge is 0.350 e. The van der Waals surface area contributed by atoms with Gasteiger partial charge in [-0.2, -0.15) is 4.31 Å². The molecule has 26 heavy (non-hydrogen) atoms. The van der Waals surface area contributed by atoms with Crippen molar-refractivity contribution in [2.45, 2.75) is 32.2 Å². The van der Waals surface area contributed by atoms with Crippen LogP contribution in [0.1, 0.15) is 25.0 Å². The summed E-state index contributed by atoms with van der Waals surface area (Å²) in [7, 11) is -3.53. The summed E-state index contributed by atoms with van der Waals surface area (Å²) in [6.45, 7) is 7.13. The number of nitrogens with zero attached hydrogens (tertiary/aromatic N) is 4. The fraction of sp³-hybridized carbons (Fsp3) is 0.333. The fourth-order valence-corrected chi connectivity index (χ4v) is 4.20. The van der Waals surface area contributed by atoms with Crippen molar-refractivity contribution in [3.05, 3.63) is 53.7 Å². The maximum atomic E-state index is 12.7. The molecule has 0 atom stereocenters. The molecule has 2 aromatic heterocycles. The van der Waals surface area contributed by atoms with Gasteiger partial charge in [-0.15, -0.1) is 10.2 Å². The molecular weight excluding hydrogens is 350 g/mol. The Kier molecular flexibility index (Phi) is 5.24. The van der Waals surface area contributed by atoms with E-state index in [1.54, 1.807) is 22.7 Å². The summed E-state index contributed by atoms with van der Waals surface area (Å²) in [5, 5.41) is 11.4. The third kappa shape index (κ3) is 3.56. The van der Waals surface area contributed by atoms with Crippen LogP contribution in [0.15, 0.2) is 47.5 Å². The molecule has 0 bridgehead atoms. The number of sulfonamides is 1. The second-order valence-electron chi connectivity index (χ2n) is 6.05. The summed E-state index contributed by atoms with van der Waals surface area (Å²) in [5.41, 5.74) is 2.90. The molecule has 1 N–H and O–H groups in total. The van der Waals surface area contributed by atoms with Crippen molar-refractivity contribution in [3.63, 3.8) is 0 Å². The minimum atomic E-state index is -3.53. The third-order valence-corrected chi connectivity index (χ3v) is 6.32. The highest BCUT2D eigenvalue weighted by molar-refractivity contribution is 7.89. The normalized spacial score (nSPS) is 12.0. The highest BCUT2D eigenvalue weighted by atomic mass is 32.2. The molecule has 0 amide bonds. The number of rotatable bonds is 7. The Morgan fingerprint density at radius 2 is 1.73 bits per heavy atom. The van der Waals surface area contributed by atoms with E-state index in [1.165, 1.54) is 9.87 Å². The van der Waals surface area contributed by atoms with Crippen LogP contribution in [0.4, 0.5) is 5.95 Å². The quantitative estimate of drug-likeness (QED) is 0.689. The predicted molar refractivity (Wildman–Crippen MR) is 102 cm³/mol. The average Bonchev–Trinajstić information content (AvgIpc) is 3.04. The number of pyridine rings is 1. The number of anilines is 1. The first-order chi connectivity index (χ1) is 12.5. The highest BCUT2D eigenvalue weighted by Crippen LogP contribution is 2.18. The van der Waals surface area contributed by atoms with Crippen LogP contribution in [0.3, 0.4) is 0 Å². The SMILES string of the molecule is CCN(CC)S(=O)(=O)c1ccc2nnc(NCc3ccc(C)cc3)n2c1. The predicted octanol–water partition coefficient (Wildman–Crippen LogP) is 2.68. The zero-order chi connectivity index (χ0) is 18.7. The van der Waals surface area contributed by atoms with E-state index < -0.39 is 10.0 Å². The Morgan fingerprint density at radius 1 is 1.04 bits per heavy atom. The first-order valence-electron chi connectivity index (χ1n) is 8.60. The van der Waals surface area contributed by atoms with Crippen molar-refractivity contribution in [2.75, 3.05) is 18.4 Å². The Morgan fingerprint density at radius 3 is 2.38 bits per heavy atom. The molecule has 0 aliphatic heterocycles. The van der Waals surface area contributed by atoms with E-state index in [1.807, 2.05) is 45.0 Å². The zero-order valence-electron chi connectivity index (χ0n) is 15.2. The van der Waals surface area contributed by atoms with Gasteiger partial charge in [0.15, 0.2) is 5.65 Å². The van der Waals surface area contributed by atoms with Crippen molar-refractivity contribution in [1.29, 1.82) is 0 Å². The van der Waals surface area contributed by atoms with E-state index in [0.29, 0.717) is 31.2 Å². The Bertz CT molecular complexity index is 992. The van der Waals surface area contributed by atoms with Crippen LogP contribution in [-0.2, 0) is 16.6 Å². The van der Waals surface area contributed by atoms with Gasteiger partial charge in [0.1, 0.15) is 0 Å². The maximum absolute atomic E-state index is 12.7. The molecule has 0 spiro atoms. The molecule has 8 heteroatoms. The second kappa shape index (κ2) is 7.43. The monoisotopic (exact) mass is 373 g/mol. The molecule has 0 aliphatic rings. The Labute approximate surface area is 153 Å². The lowest BCUT2D eigenvalue weighted by Gasteiger charge is -2.18. The van der Waals surface area contributed by atoms with Crippen LogP contribution < -0.4 is 5.32 Å². The fourth-order valence-electron chi connectivity index (χ4n) is 2.74. The average molecular weight is 373 g/mol. The molecule has 0 unspecified atom stereocenters. The molecule has 0 radical (unpaired) electrons. The summed E-state index contributed by atoms with van der Waals surface area (Å²) in [6, 6.07) is 11.4. The summed E-state index contributed by atoms with van der Waals surface area (Å²) in [4.78, 5) is 0.229.